The average molecular weight is 265 g/mol. The third-order valence-electron chi connectivity index (χ3n) is 3.17. The zero-order valence-electron chi connectivity index (χ0n) is 12.4. The highest BCUT2D eigenvalue weighted by Gasteiger charge is 2.04. The predicted molar refractivity (Wildman–Crippen MR) is 78.9 cm³/mol. The maximum Gasteiger partial charge on any atom is 0.221 e. The highest BCUT2D eigenvalue weighted by Crippen LogP contribution is 2.01. The van der Waals surface area contributed by atoms with Gasteiger partial charge in [0.15, 0.2) is 0 Å². The fraction of sp³-hybridized carbons (Fsp3) is 0.667. The number of nitrogens with zero attached hydrogens (tertiary/aromatic N) is 1. The first-order valence-corrected chi connectivity index (χ1v) is 7.30. The number of carbonyl (C=O) groups excluding carboxylic acids is 1. The van der Waals surface area contributed by atoms with Gasteiger partial charge in [0, 0.05) is 44.5 Å². The number of aromatic nitrogens is 1. The molecule has 1 atom stereocenters. The number of aryl methyl sites for hydroxylation is 1. The Kier molecular flexibility index (Phi) is 7.26. The molecule has 4 heteroatoms. The Hall–Kier alpha value is -1.29. The summed E-state index contributed by atoms with van der Waals surface area (Å²) >= 11 is 0. The van der Waals surface area contributed by atoms with Gasteiger partial charge in [-0.1, -0.05) is 13.8 Å². The van der Waals surface area contributed by atoms with Crippen molar-refractivity contribution in [1.29, 1.82) is 0 Å². The van der Waals surface area contributed by atoms with Gasteiger partial charge in [0.05, 0.1) is 0 Å². The van der Waals surface area contributed by atoms with Crippen molar-refractivity contribution in [1.82, 2.24) is 15.2 Å². The largest absolute Gasteiger partial charge is 0.354 e. The molecule has 1 amide bonds. The molecule has 1 rings (SSSR count). The van der Waals surface area contributed by atoms with Gasteiger partial charge in [-0.05, 0) is 31.4 Å². The van der Waals surface area contributed by atoms with Crippen LogP contribution in [0.25, 0.3) is 0 Å². The van der Waals surface area contributed by atoms with Crippen molar-refractivity contribution in [2.24, 2.45) is 0 Å². The van der Waals surface area contributed by atoms with Crippen LogP contribution in [0, 0.1) is 0 Å². The summed E-state index contributed by atoms with van der Waals surface area (Å²) in [6.45, 7) is 8.89. The molecule has 0 aliphatic carbocycles. The van der Waals surface area contributed by atoms with E-state index in [9.17, 15) is 4.79 Å². The topological polar surface area (TPSA) is 46.1 Å². The molecule has 19 heavy (non-hydrogen) atoms. The Morgan fingerprint density at radius 3 is 2.89 bits per heavy atom. The van der Waals surface area contributed by atoms with Crippen molar-refractivity contribution in [2.45, 2.75) is 59.2 Å². The van der Waals surface area contributed by atoms with Crippen molar-refractivity contribution in [3.05, 3.63) is 24.0 Å². The summed E-state index contributed by atoms with van der Waals surface area (Å²) in [5.41, 5.74) is 1.27. The SMILES string of the molecule is CCCn1ccc(CNCCC(=O)NC(C)CC)c1. The van der Waals surface area contributed by atoms with E-state index in [1.54, 1.807) is 0 Å². The summed E-state index contributed by atoms with van der Waals surface area (Å²) in [6.07, 6.45) is 6.94. The van der Waals surface area contributed by atoms with Crippen LogP contribution in [0.4, 0.5) is 0 Å². The summed E-state index contributed by atoms with van der Waals surface area (Å²) in [5, 5.41) is 6.27. The van der Waals surface area contributed by atoms with E-state index < -0.39 is 0 Å². The number of amides is 1. The molecule has 1 heterocycles. The van der Waals surface area contributed by atoms with Crippen molar-refractivity contribution >= 4 is 5.91 Å². The maximum absolute atomic E-state index is 11.6. The van der Waals surface area contributed by atoms with E-state index in [1.807, 2.05) is 6.92 Å². The molecule has 0 bridgehead atoms. The number of nitrogens with one attached hydrogen (secondary N) is 2. The van der Waals surface area contributed by atoms with Gasteiger partial charge in [-0.15, -0.1) is 0 Å². The Labute approximate surface area is 116 Å². The predicted octanol–water partition coefficient (Wildman–Crippen LogP) is 2.29. The molecule has 0 fully saturated rings. The van der Waals surface area contributed by atoms with E-state index in [0.717, 1.165) is 32.5 Å². The van der Waals surface area contributed by atoms with Crippen LogP contribution in [0.3, 0.4) is 0 Å². The third kappa shape index (κ3) is 6.43. The Balaban J connectivity index is 2.14. The van der Waals surface area contributed by atoms with Gasteiger partial charge in [0.1, 0.15) is 0 Å². The number of rotatable bonds is 9. The summed E-state index contributed by atoms with van der Waals surface area (Å²) in [4.78, 5) is 11.6. The van der Waals surface area contributed by atoms with Gasteiger partial charge >= 0.3 is 0 Å². The highest BCUT2D eigenvalue weighted by atomic mass is 16.1. The van der Waals surface area contributed by atoms with Crippen molar-refractivity contribution in [2.75, 3.05) is 6.54 Å². The third-order valence-corrected chi connectivity index (χ3v) is 3.17. The lowest BCUT2D eigenvalue weighted by Crippen LogP contribution is -2.33. The average Bonchev–Trinajstić information content (AvgIpc) is 2.83. The molecule has 0 aliphatic rings. The van der Waals surface area contributed by atoms with E-state index >= 15 is 0 Å². The van der Waals surface area contributed by atoms with E-state index in [2.05, 4.69) is 47.5 Å². The minimum Gasteiger partial charge on any atom is -0.354 e. The Morgan fingerprint density at radius 2 is 2.21 bits per heavy atom. The minimum absolute atomic E-state index is 0.130. The fourth-order valence-corrected chi connectivity index (χ4v) is 1.88. The molecule has 0 saturated heterocycles. The van der Waals surface area contributed by atoms with Crippen LogP contribution in [0.1, 0.15) is 45.6 Å². The number of carbonyl (C=O) groups is 1. The van der Waals surface area contributed by atoms with E-state index in [4.69, 9.17) is 0 Å². The molecule has 108 valence electrons. The summed E-state index contributed by atoms with van der Waals surface area (Å²) in [7, 11) is 0. The Bertz CT molecular complexity index is 373. The summed E-state index contributed by atoms with van der Waals surface area (Å²) in [5.74, 6) is 0.130. The van der Waals surface area contributed by atoms with Gasteiger partial charge in [-0.25, -0.2) is 0 Å². The van der Waals surface area contributed by atoms with Crippen molar-refractivity contribution in [3.63, 3.8) is 0 Å². The van der Waals surface area contributed by atoms with Crippen LogP contribution in [0.2, 0.25) is 0 Å². The minimum atomic E-state index is 0.130. The lowest BCUT2D eigenvalue weighted by Gasteiger charge is -2.11. The molecule has 1 unspecified atom stereocenters. The summed E-state index contributed by atoms with van der Waals surface area (Å²) < 4.78 is 2.20. The van der Waals surface area contributed by atoms with Crippen LogP contribution in [0.5, 0.6) is 0 Å². The highest BCUT2D eigenvalue weighted by molar-refractivity contribution is 5.76. The molecule has 0 radical (unpaired) electrons. The maximum atomic E-state index is 11.6. The van der Waals surface area contributed by atoms with E-state index in [-0.39, 0.29) is 11.9 Å². The number of hydrogen-bond donors (Lipinski definition) is 2. The first kappa shape index (κ1) is 15.8. The van der Waals surface area contributed by atoms with Gasteiger partial charge in [-0.2, -0.15) is 0 Å². The molecule has 0 aliphatic heterocycles. The number of hydrogen-bond acceptors (Lipinski definition) is 2. The van der Waals surface area contributed by atoms with Gasteiger partial charge in [0.2, 0.25) is 5.91 Å². The quantitative estimate of drug-likeness (QED) is 0.673. The fourth-order valence-electron chi connectivity index (χ4n) is 1.88. The molecule has 0 saturated carbocycles. The van der Waals surface area contributed by atoms with Gasteiger partial charge in [0.25, 0.3) is 0 Å². The molecular weight excluding hydrogens is 238 g/mol. The normalized spacial score (nSPS) is 12.4. The standard InChI is InChI=1S/C15H27N3O/c1-4-9-18-10-7-14(12-18)11-16-8-6-15(19)17-13(3)5-2/h7,10,12-13,16H,4-6,8-9,11H2,1-3H3,(H,17,19). The monoisotopic (exact) mass is 265 g/mol. The second kappa shape index (κ2) is 8.75. The molecule has 4 nitrogen and oxygen atoms in total. The molecule has 2 N–H and O–H groups in total. The second-order valence-corrected chi connectivity index (χ2v) is 5.06. The smallest absolute Gasteiger partial charge is 0.221 e. The molecular formula is C15H27N3O. The zero-order chi connectivity index (χ0) is 14.1. The molecule has 0 spiro atoms. The first-order chi connectivity index (χ1) is 9.15. The van der Waals surface area contributed by atoms with Gasteiger partial charge in [-0.3, -0.25) is 4.79 Å². The second-order valence-electron chi connectivity index (χ2n) is 5.06. The van der Waals surface area contributed by atoms with Crippen LogP contribution in [0.15, 0.2) is 18.5 Å². The van der Waals surface area contributed by atoms with Crippen LogP contribution < -0.4 is 10.6 Å². The van der Waals surface area contributed by atoms with Crippen molar-refractivity contribution < 1.29 is 4.79 Å². The first-order valence-electron chi connectivity index (χ1n) is 7.30. The van der Waals surface area contributed by atoms with Crippen LogP contribution in [-0.2, 0) is 17.9 Å². The van der Waals surface area contributed by atoms with Crippen LogP contribution in [-0.4, -0.2) is 23.1 Å². The lowest BCUT2D eigenvalue weighted by atomic mass is 10.2. The lowest BCUT2D eigenvalue weighted by molar-refractivity contribution is -0.121. The van der Waals surface area contributed by atoms with Crippen molar-refractivity contribution in [3.8, 4) is 0 Å². The molecule has 1 aromatic rings. The molecule has 0 aromatic carbocycles. The van der Waals surface area contributed by atoms with E-state index in [0.29, 0.717) is 6.42 Å². The zero-order valence-corrected chi connectivity index (χ0v) is 12.4. The van der Waals surface area contributed by atoms with Gasteiger partial charge < -0.3 is 15.2 Å². The van der Waals surface area contributed by atoms with E-state index in [1.165, 1.54) is 5.56 Å². The van der Waals surface area contributed by atoms with Crippen LogP contribution >= 0.6 is 0 Å². The Morgan fingerprint density at radius 1 is 1.42 bits per heavy atom. The molecule has 1 aromatic heterocycles. The summed E-state index contributed by atoms with van der Waals surface area (Å²) in [6, 6.07) is 2.40.